The third-order valence-electron chi connectivity index (χ3n) is 5.91. The van der Waals surface area contributed by atoms with Gasteiger partial charge >= 0.3 is 5.97 Å². The highest BCUT2D eigenvalue weighted by atomic mass is 35.5. The van der Waals surface area contributed by atoms with Crippen molar-refractivity contribution in [3.05, 3.63) is 92.8 Å². The quantitative estimate of drug-likeness (QED) is 0.173. The first-order valence-electron chi connectivity index (χ1n) is 12.1. The Labute approximate surface area is 231 Å². The standard InChI is InChI=1S/C29H26Cl2N2O5/c1-3-5-12-36-27-22(30)13-17(14-23(27)31)29(34)37-18-10-11-20-25(15-18)38-28(33)21(16-32)26(20)19-8-6-7-9-24(19)35-4-2/h6-11,13-15,26H,3-5,12,33H2,1-2H3. The molecule has 0 bridgehead atoms. The zero-order valence-corrected chi connectivity index (χ0v) is 22.4. The van der Waals surface area contributed by atoms with Gasteiger partial charge in [0.05, 0.1) is 34.7 Å². The molecule has 0 saturated heterocycles. The number of benzene rings is 3. The van der Waals surface area contributed by atoms with Crippen LogP contribution in [0.1, 0.15) is 54.1 Å². The van der Waals surface area contributed by atoms with Crippen LogP contribution in [0.25, 0.3) is 0 Å². The molecule has 0 saturated carbocycles. The molecule has 0 fully saturated rings. The lowest BCUT2D eigenvalue weighted by Gasteiger charge is -2.27. The summed E-state index contributed by atoms with van der Waals surface area (Å²) >= 11 is 12.6. The molecule has 3 aromatic rings. The molecule has 1 heterocycles. The highest BCUT2D eigenvalue weighted by Crippen LogP contribution is 2.46. The maximum Gasteiger partial charge on any atom is 0.343 e. The first-order chi connectivity index (χ1) is 18.4. The minimum Gasteiger partial charge on any atom is -0.494 e. The van der Waals surface area contributed by atoms with Gasteiger partial charge in [0.25, 0.3) is 0 Å². The summed E-state index contributed by atoms with van der Waals surface area (Å²) in [6, 6.07) is 17.4. The first kappa shape index (κ1) is 27.2. The lowest BCUT2D eigenvalue weighted by Crippen LogP contribution is -2.21. The third kappa shape index (κ3) is 5.67. The average molecular weight is 553 g/mol. The van der Waals surface area contributed by atoms with Crippen molar-refractivity contribution in [3.8, 4) is 29.1 Å². The maximum absolute atomic E-state index is 12.9. The van der Waals surface area contributed by atoms with E-state index in [4.69, 9.17) is 47.9 Å². The number of carbonyl (C=O) groups is 1. The molecule has 0 spiro atoms. The summed E-state index contributed by atoms with van der Waals surface area (Å²) < 4.78 is 22.8. The first-order valence-corrected chi connectivity index (χ1v) is 12.9. The molecule has 196 valence electrons. The lowest BCUT2D eigenvalue weighted by molar-refractivity contribution is 0.0734. The predicted molar refractivity (Wildman–Crippen MR) is 145 cm³/mol. The molecule has 3 aromatic carbocycles. The smallest absolute Gasteiger partial charge is 0.343 e. The number of nitrogens with zero attached hydrogens (tertiary/aromatic N) is 1. The zero-order valence-electron chi connectivity index (χ0n) is 20.9. The van der Waals surface area contributed by atoms with Crippen molar-refractivity contribution in [2.75, 3.05) is 13.2 Å². The number of nitriles is 1. The second kappa shape index (κ2) is 12.1. The molecule has 38 heavy (non-hydrogen) atoms. The number of hydrogen-bond acceptors (Lipinski definition) is 7. The largest absolute Gasteiger partial charge is 0.494 e. The number of unbranched alkanes of at least 4 members (excludes halogenated alkanes) is 1. The normalized spacial score (nSPS) is 14.2. The van der Waals surface area contributed by atoms with E-state index in [9.17, 15) is 10.1 Å². The van der Waals surface area contributed by atoms with Crippen LogP contribution in [0.3, 0.4) is 0 Å². The van der Waals surface area contributed by atoms with Crippen molar-refractivity contribution in [3.63, 3.8) is 0 Å². The fourth-order valence-electron chi connectivity index (χ4n) is 4.13. The van der Waals surface area contributed by atoms with Crippen molar-refractivity contribution in [2.45, 2.75) is 32.6 Å². The van der Waals surface area contributed by atoms with Gasteiger partial charge < -0.3 is 24.7 Å². The molecule has 0 aliphatic carbocycles. The van der Waals surface area contributed by atoms with E-state index in [2.05, 4.69) is 6.07 Å². The van der Waals surface area contributed by atoms with E-state index >= 15 is 0 Å². The van der Waals surface area contributed by atoms with Gasteiger partial charge in [-0.2, -0.15) is 5.26 Å². The van der Waals surface area contributed by atoms with Crippen LogP contribution in [-0.4, -0.2) is 19.2 Å². The molecule has 0 radical (unpaired) electrons. The number of nitrogens with two attached hydrogens (primary N) is 1. The van der Waals surface area contributed by atoms with E-state index in [1.807, 2.05) is 38.1 Å². The minimum atomic E-state index is -0.663. The molecule has 0 amide bonds. The lowest BCUT2D eigenvalue weighted by atomic mass is 9.83. The van der Waals surface area contributed by atoms with E-state index in [1.54, 1.807) is 18.2 Å². The molecular weight excluding hydrogens is 527 g/mol. The summed E-state index contributed by atoms with van der Waals surface area (Å²) in [5, 5.41) is 10.3. The number of halogens is 2. The van der Waals surface area contributed by atoms with Gasteiger partial charge in [-0.1, -0.05) is 60.8 Å². The summed E-state index contributed by atoms with van der Waals surface area (Å²) in [7, 11) is 0. The molecule has 1 aliphatic heterocycles. The predicted octanol–water partition coefficient (Wildman–Crippen LogP) is 7.01. The fraction of sp³-hybridized carbons (Fsp3) is 0.241. The molecule has 7 nitrogen and oxygen atoms in total. The number of ether oxygens (including phenoxy) is 4. The SMILES string of the molecule is CCCCOc1c(Cl)cc(C(=O)Oc2ccc3c(c2)OC(N)=C(C#N)C3c2ccccc2OCC)cc1Cl. The van der Waals surface area contributed by atoms with Gasteiger partial charge in [-0.3, -0.25) is 0 Å². The Morgan fingerprint density at radius 1 is 1.05 bits per heavy atom. The van der Waals surface area contributed by atoms with Crippen LogP contribution in [-0.2, 0) is 0 Å². The molecule has 1 aliphatic rings. The number of allylic oxidation sites excluding steroid dienone is 1. The Balaban J connectivity index is 1.62. The summed E-state index contributed by atoms with van der Waals surface area (Å²) in [5.74, 6) is 0.331. The van der Waals surface area contributed by atoms with E-state index in [0.717, 1.165) is 18.4 Å². The second-order valence-electron chi connectivity index (χ2n) is 8.46. The Kier molecular flexibility index (Phi) is 8.67. The summed E-state index contributed by atoms with van der Waals surface area (Å²) in [5.41, 5.74) is 8.02. The van der Waals surface area contributed by atoms with Crippen LogP contribution in [0.5, 0.6) is 23.0 Å². The Bertz CT molecular complexity index is 1410. The van der Waals surface area contributed by atoms with E-state index in [-0.39, 0.29) is 32.8 Å². The fourth-order valence-corrected chi connectivity index (χ4v) is 4.72. The molecule has 4 rings (SSSR count). The zero-order chi connectivity index (χ0) is 27.2. The van der Waals surface area contributed by atoms with Gasteiger partial charge in [-0.15, -0.1) is 0 Å². The highest BCUT2D eigenvalue weighted by Gasteiger charge is 2.33. The van der Waals surface area contributed by atoms with E-state index in [1.165, 1.54) is 12.1 Å². The molecule has 9 heteroatoms. The van der Waals surface area contributed by atoms with Crippen molar-refractivity contribution < 1.29 is 23.7 Å². The van der Waals surface area contributed by atoms with Gasteiger partial charge in [-0.05, 0) is 37.6 Å². The molecule has 1 unspecified atom stereocenters. The van der Waals surface area contributed by atoms with Crippen molar-refractivity contribution in [1.29, 1.82) is 5.26 Å². The van der Waals surface area contributed by atoms with Gasteiger partial charge in [0.2, 0.25) is 5.88 Å². The van der Waals surface area contributed by atoms with Gasteiger partial charge in [0.15, 0.2) is 5.75 Å². The Hall–Kier alpha value is -3.86. The van der Waals surface area contributed by atoms with Crippen LogP contribution in [0.15, 0.2) is 66.1 Å². The summed E-state index contributed by atoms with van der Waals surface area (Å²) in [4.78, 5) is 12.9. The van der Waals surface area contributed by atoms with Gasteiger partial charge in [0, 0.05) is 17.2 Å². The summed E-state index contributed by atoms with van der Waals surface area (Å²) in [6.07, 6.45) is 1.81. The molecule has 2 N–H and O–H groups in total. The van der Waals surface area contributed by atoms with E-state index in [0.29, 0.717) is 36.0 Å². The highest BCUT2D eigenvalue weighted by molar-refractivity contribution is 6.37. The number of carbonyl (C=O) groups excluding carboxylic acids is 1. The second-order valence-corrected chi connectivity index (χ2v) is 9.27. The van der Waals surface area contributed by atoms with Crippen molar-refractivity contribution >= 4 is 29.2 Å². The van der Waals surface area contributed by atoms with E-state index < -0.39 is 11.9 Å². The summed E-state index contributed by atoms with van der Waals surface area (Å²) in [6.45, 7) is 4.86. The number of para-hydroxylation sites is 1. The Morgan fingerprint density at radius 2 is 1.79 bits per heavy atom. The third-order valence-corrected chi connectivity index (χ3v) is 6.47. The average Bonchev–Trinajstić information content (AvgIpc) is 2.90. The molecule has 0 aromatic heterocycles. The minimum absolute atomic E-state index is 0.0306. The van der Waals surface area contributed by atoms with Crippen LogP contribution >= 0.6 is 23.2 Å². The number of rotatable bonds is 9. The van der Waals surface area contributed by atoms with Crippen LogP contribution in [0.2, 0.25) is 10.0 Å². The number of hydrogen-bond donors (Lipinski definition) is 1. The van der Waals surface area contributed by atoms with Crippen LogP contribution < -0.4 is 24.7 Å². The van der Waals surface area contributed by atoms with Crippen LogP contribution in [0, 0.1) is 11.3 Å². The van der Waals surface area contributed by atoms with Crippen LogP contribution in [0.4, 0.5) is 0 Å². The van der Waals surface area contributed by atoms with Crippen molar-refractivity contribution in [2.24, 2.45) is 5.73 Å². The Morgan fingerprint density at radius 3 is 2.47 bits per heavy atom. The molecular formula is C29H26Cl2N2O5. The monoisotopic (exact) mass is 552 g/mol. The number of esters is 1. The number of fused-ring (bicyclic) bond motifs is 1. The molecule has 1 atom stereocenters. The maximum atomic E-state index is 12.9. The van der Waals surface area contributed by atoms with Gasteiger partial charge in [-0.25, -0.2) is 4.79 Å². The topological polar surface area (TPSA) is 104 Å². The van der Waals surface area contributed by atoms with Crippen molar-refractivity contribution in [1.82, 2.24) is 0 Å². The van der Waals surface area contributed by atoms with Gasteiger partial charge in [0.1, 0.15) is 28.9 Å².